The Morgan fingerprint density at radius 1 is 1.52 bits per heavy atom. The second kappa shape index (κ2) is 9.13. The van der Waals surface area contributed by atoms with Crippen molar-refractivity contribution in [2.24, 2.45) is 10.7 Å². The second-order valence-electron chi connectivity index (χ2n) is 5.76. The quantitative estimate of drug-likeness (QED) is 0.561. The number of hydrogen-bond donors (Lipinski definition) is 2. The largest absolute Gasteiger partial charge is 0.495 e. The summed E-state index contributed by atoms with van der Waals surface area (Å²) < 4.78 is 6.40. The van der Waals surface area contributed by atoms with Crippen LogP contribution in [0.4, 0.5) is 0 Å². The van der Waals surface area contributed by atoms with Gasteiger partial charge in [0.25, 0.3) is 0 Å². The molecule has 1 aromatic rings. The van der Waals surface area contributed by atoms with Crippen LogP contribution in [-0.2, 0) is 6.42 Å². The maximum absolute atomic E-state index is 5.98. The Morgan fingerprint density at radius 3 is 3.09 bits per heavy atom. The van der Waals surface area contributed by atoms with Crippen LogP contribution in [0.5, 0.6) is 5.75 Å². The first-order valence-electron chi connectivity index (χ1n) is 8.25. The molecule has 1 fully saturated rings. The molecule has 1 aliphatic rings. The van der Waals surface area contributed by atoms with E-state index in [9.17, 15) is 0 Å². The van der Waals surface area contributed by atoms with Crippen LogP contribution in [0.2, 0.25) is 0 Å². The van der Waals surface area contributed by atoms with E-state index in [0.29, 0.717) is 12.0 Å². The predicted molar refractivity (Wildman–Crippen MR) is 99.2 cm³/mol. The molecule has 1 saturated heterocycles. The van der Waals surface area contributed by atoms with Gasteiger partial charge in [0.15, 0.2) is 5.96 Å². The van der Waals surface area contributed by atoms with Gasteiger partial charge in [0, 0.05) is 12.6 Å². The van der Waals surface area contributed by atoms with E-state index in [-0.39, 0.29) is 0 Å². The molecule has 1 aromatic carbocycles. The summed E-state index contributed by atoms with van der Waals surface area (Å²) in [5.41, 5.74) is 7.13. The van der Waals surface area contributed by atoms with Crippen LogP contribution in [0.15, 0.2) is 27.7 Å². The number of rotatable bonds is 7. The van der Waals surface area contributed by atoms with Gasteiger partial charge in [-0.05, 0) is 59.9 Å². The third-order valence-corrected chi connectivity index (χ3v) is 4.96. The molecule has 1 heterocycles. The Hall–Kier alpha value is -1.27. The standard InChI is InChI=1S/C17H27BrN4O/c1-3-22-11-5-7-14(22)12-21-17(19)20-10-9-13-6-4-8-15(18)16(13)23-2/h4,6,8,14H,3,5,7,9-12H2,1-2H3,(H3,19,20,21). The van der Waals surface area contributed by atoms with Gasteiger partial charge >= 0.3 is 0 Å². The van der Waals surface area contributed by atoms with Crippen LogP contribution in [-0.4, -0.2) is 50.2 Å². The molecule has 23 heavy (non-hydrogen) atoms. The fourth-order valence-corrected chi connectivity index (χ4v) is 3.65. The van der Waals surface area contributed by atoms with Gasteiger partial charge < -0.3 is 15.8 Å². The van der Waals surface area contributed by atoms with Gasteiger partial charge in [-0.25, -0.2) is 0 Å². The van der Waals surface area contributed by atoms with Crippen molar-refractivity contribution in [1.82, 2.24) is 10.2 Å². The first kappa shape index (κ1) is 18.1. The molecule has 128 valence electrons. The van der Waals surface area contributed by atoms with Crippen molar-refractivity contribution in [2.45, 2.75) is 32.2 Å². The van der Waals surface area contributed by atoms with E-state index >= 15 is 0 Å². The highest BCUT2D eigenvalue weighted by molar-refractivity contribution is 9.10. The second-order valence-corrected chi connectivity index (χ2v) is 6.61. The van der Waals surface area contributed by atoms with Crippen LogP contribution >= 0.6 is 15.9 Å². The number of para-hydroxylation sites is 1. The Morgan fingerprint density at radius 2 is 2.35 bits per heavy atom. The predicted octanol–water partition coefficient (Wildman–Crippen LogP) is 2.39. The maximum atomic E-state index is 5.98. The number of ether oxygens (including phenoxy) is 1. The van der Waals surface area contributed by atoms with Crippen LogP contribution in [0, 0.1) is 0 Å². The van der Waals surface area contributed by atoms with Crippen molar-refractivity contribution in [3.8, 4) is 5.75 Å². The lowest BCUT2D eigenvalue weighted by molar-refractivity contribution is 0.273. The van der Waals surface area contributed by atoms with Gasteiger partial charge in [-0.15, -0.1) is 0 Å². The Labute approximate surface area is 147 Å². The number of halogens is 1. The van der Waals surface area contributed by atoms with Gasteiger partial charge in [-0.2, -0.15) is 0 Å². The van der Waals surface area contributed by atoms with Crippen molar-refractivity contribution in [2.75, 3.05) is 33.3 Å². The molecule has 0 radical (unpaired) electrons. The summed E-state index contributed by atoms with van der Waals surface area (Å²) in [5.74, 6) is 1.41. The number of nitrogens with zero attached hydrogens (tertiary/aromatic N) is 2. The summed E-state index contributed by atoms with van der Waals surface area (Å²) >= 11 is 3.50. The number of likely N-dealkylation sites (tertiary alicyclic amines) is 1. The Balaban J connectivity index is 1.79. The summed E-state index contributed by atoms with van der Waals surface area (Å²) in [6.07, 6.45) is 3.33. The lowest BCUT2D eigenvalue weighted by Gasteiger charge is -2.21. The van der Waals surface area contributed by atoms with E-state index in [1.54, 1.807) is 7.11 Å². The Kier molecular flexibility index (Phi) is 7.17. The van der Waals surface area contributed by atoms with E-state index in [1.807, 2.05) is 12.1 Å². The zero-order valence-electron chi connectivity index (χ0n) is 14.0. The van der Waals surface area contributed by atoms with Crippen molar-refractivity contribution in [3.05, 3.63) is 28.2 Å². The number of aliphatic imine (C=N–C) groups is 1. The zero-order chi connectivity index (χ0) is 16.7. The number of nitrogens with two attached hydrogens (primary N) is 1. The average Bonchev–Trinajstić information content (AvgIpc) is 3.00. The molecule has 5 nitrogen and oxygen atoms in total. The van der Waals surface area contributed by atoms with Gasteiger partial charge in [0.2, 0.25) is 0 Å². The summed E-state index contributed by atoms with van der Waals surface area (Å²) in [4.78, 5) is 6.97. The smallest absolute Gasteiger partial charge is 0.188 e. The third kappa shape index (κ3) is 5.11. The van der Waals surface area contributed by atoms with Gasteiger partial charge in [0.05, 0.1) is 18.1 Å². The maximum Gasteiger partial charge on any atom is 0.188 e. The topological polar surface area (TPSA) is 62.9 Å². The molecule has 0 amide bonds. The first-order chi connectivity index (χ1) is 11.2. The first-order valence-corrected chi connectivity index (χ1v) is 9.04. The third-order valence-electron chi connectivity index (χ3n) is 4.33. The van der Waals surface area contributed by atoms with Crippen LogP contribution < -0.4 is 15.8 Å². The normalized spacial score (nSPS) is 19.1. The molecule has 3 N–H and O–H groups in total. The van der Waals surface area contributed by atoms with Crippen LogP contribution in [0.3, 0.4) is 0 Å². The SMILES string of the molecule is CCN1CCCC1CN=C(N)NCCc1cccc(Br)c1OC. The molecule has 0 aliphatic carbocycles. The van der Waals surface area contributed by atoms with Crippen molar-refractivity contribution >= 4 is 21.9 Å². The average molecular weight is 383 g/mol. The molecule has 1 atom stereocenters. The molecule has 0 spiro atoms. The van der Waals surface area contributed by atoms with E-state index in [4.69, 9.17) is 10.5 Å². The summed E-state index contributed by atoms with van der Waals surface area (Å²) in [6.45, 7) is 6.01. The molecule has 0 saturated carbocycles. The molecule has 0 aromatic heterocycles. The number of likely N-dealkylation sites (N-methyl/N-ethyl adjacent to an activating group) is 1. The summed E-state index contributed by atoms with van der Waals surface area (Å²) in [5, 5.41) is 3.20. The van der Waals surface area contributed by atoms with E-state index in [1.165, 1.54) is 19.4 Å². The zero-order valence-corrected chi connectivity index (χ0v) is 15.6. The minimum absolute atomic E-state index is 0.530. The molecule has 0 bridgehead atoms. The molecule has 2 rings (SSSR count). The fourth-order valence-electron chi connectivity index (χ4n) is 3.08. The van der Waals surface area contributed by atoms with Gasteiger partial charge in [0.1, 0.15) is 5.75 Å². The molecule has 6 heteroatoms. The highest BCUT2D eigenvalue weighted by Crippen LogP contribution is 2.28. The Bertz CT molecular complexity index is 535. The number of methoxy groups -OCH3 is 1. The molecule has 1 unspecified atom stereocenters. The van der Waals surface area contributed by atoms with Crippen LogP contribution in [0.1, 0.15) is 25.3 Å². The van der Waals surface area contributed by atoms with E-state index < -0.39 is 0 Å². The summed E-state index contributed by atoms with van der Waals surface area (Å²) in [7, 11) is 1.69. The highest BCUT2D eigenvalue weighted by atomic mass is 79.9. The van der Waals surface area contributed by atoms with Gasteiger partial charge in [-0.3, -0.25) is 9.89 Å². The van der Waals surface area contributed by atoms with Crippen molar-refractivity contribution in [1.29, 1.82) is 0 Å². The highest BCUT2D eigenvalue weighted by Gasteiger charge is 2.22. The fraction of sp³-hybridized carbons (Fsp3) is 0.588. The van der Waals surface area contributed by atoms with Crippen molar-refractivity contribution in [3.63, 3.8) is 0 Å². The minimum atomic E-state index is 0.530. The number of nitrogens with one attached hydrogen (secondary N) is 1. The van der Waals surface area contributed by atoms with E-state index in [2.05, 4.69) is 44.1 Å². The molecular formula is C17H27BrN4O. The lowest BCUT2D eigenvalue weighted by Crippen LogP contribution is -2.36. The van der Waals surface area contributed by atoms with Crippen molar-refractivity contribution < 1.29 is 4.74 Å². The number of hydrogen-bond acceptors (Lipinski definition) is 3. The van der Waals surface area contributed by atoms with Gasteiger partial charge in [-0.1, -0.05) is 19.1 Å². The minimum Gasteiger partial charge on any atom is -0.495 e. The number of benzene rings is 1. The monoisotopic (exact) mass is 382 g/mol. The number of guanidine groups is 1. The van der Waals surface area contributed by atoms with Crippen LogP contribution in [0.25, 0.3) is 0 Å². The molecular weight excluding hydrogens is 356 g/mol. The lowest BCUT2D eigenvalue weighted by atomic mass is 10.1. The van der Waals surface area contributed by atoms with E-state index in [0.717, 1.165) is 41.8 Å². The summed E-state index contributed by atoms with van der Waals surface area (Å²) in [6, 6.07) is 6.60. The molecule has 1 aliphatic heterocycles.